The van der Waals surface area contributed by atoms with Crippen LogP contribution in [0.3, 0.4) is 0 Å². The number of benzene rings is 1. The summed E-state index contributed by atoms with van der Waals surface area (Å²) in [5.41, 5.74) is 3.06. The molecule has 1 saturated heterocycles. The monoisotopic (exact) mass is 364 g/mol. The third-order valence-corrected chi connectivity index (χ3v) is 5.80. The zero-order valence-corrected chi connectivity index (χ0v) is 15.9. The van der Waals surface area contributed by atoms with Crippen molar-refractivity contribution in [1.29, 1.82) is 0 Å². The Balaban J connectivity index is 1.32. The lowest BCUT2D eigenvalue weighted by molar-refractivity contribution is -0.122. The molecule has 142 valence electrons. The van der Waals surface area contributed by atoms with Gasteiger partial charge in [-0.15, -0.1) is 0 Å². The second kappa shape index (κ2) is 7.99. The molecule has 2 heterocycles. The molecule has 2 aliphatic rings. The molecule has 1 amide bonds. The van der Waals surface area contributed by atoms with E-state index in [2.05, 4.69) is 51.7 Å². The normalized spacial score (nSPS) is 18.0. The molecule has 2 aromatic rings. The minimum absolute atomic E-state index is 0.117. The Morgan fingerprint density at radius 3 is 2.30 bits per heavy atom. The van der Waals surface area contributed by atoms with Crippen LogP contribution >= 0.6 is 0 Å². The summed E-state index contributed by atoms with van der Waals surface area (Å²) in [7, 11) is 0. The van der Waals surface area contributed by atoms with Crippen LogP contribution in [-0.4, -0.2) is 24.0 Å². The lowest BCUT2D eigenvalue weighted by Crippen LogP contribution is -2.32. The zero-order chi connectivity index (χ0) is 18.6. The highest BCUT2D eigenvalue weighted by atomic mass is 16.1. The highest BCUT2D eigenvalue weighted by molar-refractivity contribution is 5.92. The first-order chi connectivity index (χ1) is 13.2. The van der Waals surface area contributed by atoms with Gasteiger partial charge < -0.3 is 15.5 Å². The number of amides is 1. The first-order valence-electron chi connectivity index (χ1n) is 10.1. The molecule has 1 saturated carbocycles. The van der Waals surface area contributed by atoms with Crippen molar-refractivity contribution < 1.29 is 4.79 Å². The molecule has 5 nitrogen and oxygen atoms in total. The van der Waals surface area contributed by atoms with E-state index in [1.165, 1.54) is 18.5 Å². The Labute approximate surface area is 161 Å². The molecule has 0 radical (unpaired) electrons. The Bertz CT molecular complexity index is 760. The van der Waals surface area contributed by atoms with Gasteiger partial charge in [-0.25, -0.2) is 4.98 Å². The molecule has 1 aliphatic heterocycles. The van der Waals surface area contributed by atoms with Gasteiger partial charge in [0.15, 0.2) is 0 Å². The van der Waals surface area contributed by atoms with Crippen LogP contribution in [0.1, 0.15) is 39.0 Å². The Kier molecular flexibility index (Phi) is 5.28. The van der Waals surface area contributed by atoms with Crippen molar-refractivity contribution in [3.63, 3.8) is 0 Å². The van der Waals surface area contributed by atoms with E-state index in [0.717, 1.165) is 55.5 Å². The molecule has 0 atom stereocenters. The maximum Gasteiger partial charge on any atom is 0.227 e. The summed E-state index contributed by atoms with van der Waals surface area (Å²) < 4.78 is 0. The van der Waals surface area contributed by atoms with Crippen molar-refractivity contribution in [2.45, 2.75) is 39.0 Å². The summed E-state index contributed by atoms with van der Waals surface area (Å²) in [4.78, 5) is 18.9. The third-order valence-electron chi connectivity index (χ3n) is 5.80. The van der Waals surface area contributed by atoms with Crippen molar-refractivity contribution in [1.82, 2.24) is 4.98 Å². The molecular weight excluding hydrogens is 336 g/mol. The topological polar surface area (TPSA) is 57.3 Å². The lowest BCUT2D eigenvalue weighted by atomic mass is 9.85. The molecule has 0 unspecified atom stereocenters. The number of anilines is 4. The van der Waals surface area contributed by atoms with E-state index in [-0.39, 0.29) is 11.8 Å². The van der Waals surface area contributed by atoms with E-state index in [1.54, 1.807) is 6.20 Å². The summed E-state index contributed by atoms with van der Waals surface area (Å²) in [5, 5.41) is 6.27. The molecule has 0 spiro atoms. The van der Waals surface area contributed by atoms with Gasteiger partial charge in [-0.3, -0.25) is 4.79 Å². The van der Waals surface area contributed by atoms with E-state index in [4.69, 9.17) is 0 Å². The predicted octanol–water partition coefficient (Wildman–Crippen LogP) is 4.80. The van der Waals surface area contributed by atoms with Crippen LogP contribution in [0.2, 0.25) is 0 Å². The molecule has 1 aromatic heterocycles. The van der Waals surface area contributed by atoms with Crippen LogP contribution in [0.25, 0.3) is 0 Å². The first kappa shape index (κ1) is 17.8. The van der Waals surface area contributed by atoms with E-state index in [0.29, 0.717) is 0 Å². The Morgan fingerprint density at radius 2 is 1.70 bits per heavy atom. The standard InChI is InChI=1S/C22H28N4O/c1-16-11-13-26(14-12-16)20-8-5-18(6-9-20)24-21-10-7-19(15-23-21)25-22(27)17-3-2-4-17/h5-10,15-17H,2-4,11-14H2,1H3,(H,23,24)(H,25,27). The van der Waals surface area contributed by atoms with Crippen LogP contribution in [0.4, 0.5) is 22.9 Å². The highest BCUT2D eigenvalue weighted by Crippen LogP contribution is 2.28. The van der Waals surface area contributed by atoms with Crippen LogP contribution in [0.5, 0.6) is 0 Å². The van der Waals surface area contributed by atoms with Gasteiger partial charge in [0.2, 0.25) is 5.91 Å². The fourth-order valence-corrected chi connectivity index (χ4v) is 3.63. The smallest absolute Gasteiger partial charge is 0.227 e. The van der Waals surface area contributed by atoms with Gasteiger partial charge >= 0.3 is 0 Å². The first-order valence-corrected chi connectivity index (χ1v) is 10.1. The van der Waals surface area contributed by atoms with E-state index < -0.39 is 0 Å². The maximum atomic E-state index is 12.0. The number of aromatic nitrogens is 1. The fraction of sp³-hybridized carbons (Fsp3) is 0.455. The van der Waals surface area contributed by atoms with Crippen molar-refractivity contribution in [2.24, 2.45) is 11.8 Å². The maximum absolute atomic E-state index is 12.0. The second-order valence-corrected chi connectivity index (χ2v) is 7.89. The summed E-state index contributed by atoms with van der Waals surface area (Å²) in [5.74, 6) is 1.92. The van der Waals surface area contributed by atoms with Gasteiger partial charge in [0, 0.05) is 30.4 Å². The molecule has 2 N–H and O–H groups in total. The van der Waals surface area contributed by atoms with Gasteiger partial charge in [0.25, 0.3) is 0 Å². The zero-order valence-electron chi connectivity index (χ0n) is 15.9. The molecular formula is C22H28N4O. The number of piperidine rings is 1. The lowest BCUT2D eigenvalue weighted by Gasteiger charge is -2.32. The number of carbonyl (C=O) groups is 1. The van der Waals surface area contributed by atoms with Gasteiger partial charge in [-0.1, -0.05) is 13.3 Å². The summed E-state index contributed by atoms with van der Waals surface area (Å²) in [6.45, 7) is 4.62. The number of rotatable bonds is 5. The van der Waals surface area contributed by atoms with Crippen molar-refractivity contribution in [2.75, 3.05) is 28.6 Å². The van der Waals surface area contributed by atoms with Crippen LogP contribution < -0.4 is 15.5 Å². The molecule has 27 heavy (non-hydrogen) atoms. The summed E-state index contributed by atoms with van der Waals surface area (Å²) in [6, 6.07) is 12.3. The predicted molar refractivity (Wildman–Crippen MR) is 111 cm³/mol. The minimum Gasteiger partial charge on any atom is -0.372 e. The van der Waals surface area contributed by atoms with Crippen LogP contribution in [0, 0.1) is 11.8 Å². The number of hydrogen-bond donors (Lipinski definition) is 2. The number of pyridine rings is 1. The number of nitrogens with one attached hydrogen (secondary N) is 2. The molecule has 0 bridgehead atoms. The number of carbonyl (C=O) groups excluding carboxylic acids is 1. The van der Waals surface area contributed by atoms with Crippen LogP contribution in [0.15, 0.2) is 42.6 Å². The van der Waals surface area contributed by atoms with Crippen LogP contribution in [-0.2, 0) is 4.79 Å². The minimum atomic E-state index is 0.117. The van der Waals surface area contributed by atoms with Crippen molar-refractivity contribution in [3.05, 3.63) is 42.6 Å². The average Bonchev–Trinajstić information content (AvgIpc) is 2.63. The molecule has 2 fully saturated rings. The molecule has 4 rings (SSSR count). The van der Waals surface area contributed by atoms with Gasteiger partial charge in [-0.05, 0) is 68.0 Å². The number of nitrogens with zero attached hydrogens (tertiary/aromatic N) is 2. The molecule has 1 aromatic carbocycles. The second-order valence-electron chi connectivity index (χ2n) is 7.89. The van der Waals surface area contributed by atoms with Gasteiger partial charge in [0.1, 0.15) is 5.82 Å². The molecule has 5 heteroatoms. The van der Waals surface area contributed by atoms with Gasteiger partial charge in [-0.2, -0.15) is 0 Å². The Morgan fingerprint density at radius 1 is 1.00 bits per heavy atom. The van der Waals surface area contributed by atoms with Crippen molar-refractivity contribution in [3.8, 4) is 0 Å². The van der Waals surface area contributed by atoms with E-state index in [1.807, 2.05) is 12.1 Å². The SMILES string of the molecule is CC1CCN(c2ccc(Nc3ccc(NC(=O)C4CCC4)cn3)cc2)CC1. The molecule has 1 aliphatic carbocycles. The number of hydrogen-bond acceptors (Lipinski definition) is 4. The third kappa shape index (κ3) is 4.41. The summed E-state index contributed by atoms with van der Waals surface area (Å²) >= 11 is 0. The van der Waals surface area contributed by atoms with E-state index in [9.17, 15) is 4.79 Å². The van der Waals surface area contributed by atoms with Gasteiger partial charge in [0.05, 0.1) is 11.9 Å². The summed E-state index contributed by atoms with van der Waals surface area (Å²) in [6.07, 6.45) is 7.43. The highest BCUT2D eigenvalue weighted by Gasteiger charge is 2.25. The quantitative estimate of drug-likeness (QED) is 0.800. The Hall–Kier alpha value is -2.56. The van der Waals surface area contributed by atoms with E-state index >= 15 is 0 Å². The fourth-order valence-electron chi connectivity index (χ4n) is 3.63. The van der Waals surface area contributed by atoms with Crippen molar-refractivity contribution >= 4 is 28.8 Å². The largest absolute Gasteiger partial charge is 0.372 e. The average molecular weight is 364 g/mol.